The Morgan fingerprint density at radius 1 is 0.942 bits per heavy atom. The van der Waals surface area contributed by atoms with Gasteiger partial charge in [-0.05, 0) is 85.0 Å². The summed E-state index contributed by atoms with van der Waals surface area (Å²) >= 11 is 0. The van der Waals surface area contributed by atoms with Gasteiger partial charge in [0.05, 0.1) is 28.8 Å². The summed E-state index contributed by atoms with van der Waals surface area (Å²) in [5.74, 6) is 0.0108. The molecule has 3 heterocycles. The number of alkyl halides is 3. The smallest absolute Gasteiger partial charge is 0.435 e. The lowest BCUT2D eigenvalue weighted by Gasteiger charge is -2.36. The standard InChI is InChI=1S/C37H38F3N7O4S/c1-2-45-18-20-46(21-19-45)33-11-8-30(23-32(33)44-52(49,50)25-27-5-3-4-26(22-27)24-41)36(48)47-16-14-29(15-17-47)28-6-9-31(10-7-28)51-35-13-12-34(42-43-35)37(38,39)40/h3-13,22-23,29,44H,2,14-21,25H2,1H3. The number of amides is 1. The summed E-state index contributed by atoms with van der Waals surface area (Å²) in [7, 11) is -3.90. The number of likely N-dealkylation sites (tertiary alicyclic amines) is 1. The molecule has 0 bridgehead atoms. The van der Waals surface area contributed by atoms with Crippen molar-refractivity contribution in [2.75, 3.05) is 55.4 Å². The van der Waals surface area contributed by atoms with Crippen LogP contribution in [0.4, 0.5) is 24.5 Å². The van der Waals surface area contributed by atoms with Crippen LogP contribution < -0.4 is 14.4 Å². The molecule has 0 saturated carbocycles. The fourth-order valence-corrected chi connectivity index (χ4v) is 7.73. The van der Waals surface area contributed by atoms with Crippen molar-refractivity contribution in [3.05, 3.63) is 107 Å². The number of hydrogen-bond donors (Lipinski definition) is 1. The summed E-state index contributed by atoms with van der Waals surface area (Å²) in [6, 6.07) is 22.9. The predicted octanol–water partition coefficient (Wildman–Crippen LogP) is 6.26. The van der Waals surface area contributed by atoms with Gasteiger partial charge in [0.25, 0.3) is 5.91 Å². The first-order valence-corrected chi connectivity index (χ1v) is 18.6. The molecule has 52 heavy (non-hydrogen) atoms. The number of nitrogens with one attached hydrogen (secondary N) is 1. The van der Waals surface area contributed by atoms with Crippen LogP contribution >= 0.6 is 0 Å². The Morgan fingerprint density at radius 2 is 1.67 bits per heavy atom. The van der Waals surface area contributed by atoms with Gasteiger partial charge in [-0.1, -0.05) is 31.2 Å². The number of sulfonamides is 1. The Morgan fingerprint density at radius 3 is 2.31 bits per heavy atom. The Balaban J connectivity index is 1.12. The fourth-order valence-electron chi connectivity index (χ4n) is 6.54. The number of benzene rings is 3. The number of piperazine rings is 1. The predicted molar refractivity (Wildman–Crippen MR) is 190 cm³/mol. The first kappa shape index (κ1) is 36.6. The zero-order valence-corrected chi connectivity index (χ0v) is 29.3. The molecule has 6 rings (SSSR count). The van der Waals surface area contributed by atoms with Crippen molar-refractivity contribution in [2.45, 2.75) is 37.6 Å². The number of rotatable bonds is 10. The van der Waals surface area contributed by atoms with E-state index in [1.54, 1.807) is 53.4 Å². The van der Waals surface area contributed by atoms with Gasteiger partial charge in [0, 0.05) is 50.9 Å². The van der Waals surface area contributed by atoms with Gasteiger partial charge >= 0.3 is 6.18 Å². The minimum Gasteiger partial charge on any atom is -0.438 e. The molecule has 3 aromatic carbocycles. The number of aromatic nitrogens is 2. The summed E-state index contributed by atoms with van der Waals surface area (Å²) in [5, 5.41) is 15.9. The SMILES string of the molecule is CCN1CCN(c2ccc(C(=O)N3CCC(c4ccc(Oc5ccc(C(F)(F)F)nn5)cc4)CC3)cc2NS(=O)(=O)Cc2cccc(C#N)c2)CC1. The topological polar surface area (TPSA) is 132 Å². The molecule has 2 saturated heterocycles. The average molecular weight is 734 g/mol. The van der Waals surface area contributed by atoms with Crippen LogP contribution in [0.3, 0.4) is 0 Å². The molecular weight excluding hydrogens is 696 g/mol. The zero-order chi connectivity index (χ0) is 36.9. The Bertz CT molecular complexity index is 2020. The van der Waals surface area contributed by atoms with Gasteiger partial charge in [0.2, 0.25) is 15.9 Å². The van der Waals surface area contributed by atoms with Gasteiger partial charge in [-0.25, -0.2) is 8.42 Å². The number of nitrogens with zero attached hydrogens (tertiary/aromatic N) is 6. The highest BCUT2D eigenvalue weighted by Crippen LogP contribution is 2.34. The highest BCUT2D eigenvalue weighted by Gasteiger charge is 2.33. The average Bonchev–Trinajstić information content (AvgIpc) is 3.14. The third kappa shape index (κ3) is 8.99. The number of halogens is 3. The lowest BCUT2D eigenvalue weighted by molar-refractivity contribution is -0.141. The minimum absolute atomic E-state index is 0.0546. The maximum Gasteiger partial charge on any atom is 0.435 e. The van der Waals surface area contributed by atoms with E-state index in [1.807, 2.05) is 24.3 Å². The van der Waals surface area contributed by atoms with E-state index >= 15 is 0 Å². The maximum atomic E-state index is 13.8. The Hall–Kier alpha value is -5.20. The number of nitriles is 1. The molecule has 2 fully saturated rings. The monoisotopic (exact) mass is 733 g/mol. The second-order valence-electron chi connectivity index (χ2n) is 12.8. The molecular formula is C37H38F3N7O4S. The number of likely N-dealkylation sites (N-methyl/N-ethyl adjacent to an activating group) is 1. The van der Waals surface area contributed by atoms with E-state index in [1.165, 1.54) is 0 Å². The van der Waals surface area contributed by atoms with Gasteiger partial charge in [-0.15, -0.1) is 10.2 Å². The number of piperidine rings is 1. The first-order valence-electron chi connectivity index (χ1n) is 17.0. The lowest BCUT2D eigenvalue weighted by atomic mass is 9.89. The van der Waals surface area contributed by atoms with Crippen molar-refractivity contribution in [1.82, 2.24) is 20.0 Å². The van der Waals surface area contributed by atoms with Crippen LogP contribution in [-0.2, 0) is 22.0 Å². The van der Waals surface area contributed by atoms with Crippen LogP contribution in [0.2, 0.25) is 0 Å². The molecule has 0 unspecified atom stereocenters. The van der Waals surface area contributed by atoms with Crippen LogP contribution in [-0.4, -0.2) is 80.1 Å². The maximum absolute atomic E-state index is 13.8. The van der Waals surface area contributed by atoms with E-state index < -0.39 is 21.9 Å². The summed E-state index contributed by atoms with van der Waals surface area (Å²) in [5.41, 5.74) is 2.23. The third-order valence-electron chi connectivity index (χ3n) is 9.37. The second-order valence-corrected chi connectivity index (χ2v) is 14.5. The van der Waals surface area contributed by atoms with Crippen LogP contribution in [0.15, 0.2) is 78.9 Å². The highest BCUT2D eigenvalue weighted by atomic mass is 32.2. The molecule has 0 atom stereocenters. The highest BCUT2D eigenvalue weighted by molar-refractivity contribution is 7.91. The molecule has 4 aromatic rings. The van der Waals surface area contributed by atoms with E-state index in [9.17, 15) is 31.6 Å². The zero-order valence-electron chi connectivity index (χ0n) is 28.5. The van der Waals surface area contributed by atoms with Gasteiger partial charge in [-0.3, -0.25) is 9.52 Å². The lowest BCUT2D eigenvalue weighted by Crippen LogP contribution is -2.46. The molecule has 15 heteroatoms. The molecule has 0 aliphatic carbocycles. The molecule has 1 amide bonds. The van der Waals surface area contributed by atoms with Crippen molar-refractivity contribution < 1.29 is 31.1 Å². The molecule has 272 valence electrons. The van der Waals surface area contributed by atoms with Crippen molar-refractivity contribution in [2.24, 2.45) is 0 Å². The second kappa shape index (κ2) is 15.6. The van der Waals surface area contributed by atoms with Crippen LogP contribution in [0.1, 0.15) is 58.4 Å². The molecule has 2 aliphatic heterocycles. The van der Waals surface area contributed by atoms with E-state index in [-0.39, 0.29) is 23.5 Å². The molecule has 0 radical (unpaired) electrons. The molecule has 1 aromatic heterocycles. The normalized spacial score (nSPS) is 16.0. The first-order chi connectivity index (χ1) is 24.9. The molecule has 11 nitrogen and oxygen atoms in total. The van der Waals surface area contributed by atoms with Gasteiger partial charge in [-0.2, -0.15) is 18.4 Å². The number of carbonyl (C=O) groups excluding carboxylic acids is 1. The number of ether oxygens (including phenoxy) is 1. The summed E-state index contributed by atoms with van der Waals surface area (Å²) in [4.78, 5) is 20.0. The summed E-state index contributed by atoms with van der Waals surface area (Å²) < 4.78 is 73.5. The largest absolute Gasteiger partial charge is 0.438 e. The molecule has 1 N–H and O–H groups in total. The number of hydrogen-bond acceptors (Lipinski definition) is 9. The summed E-state index contributed by atoms with van der Waals surface area (Å²) in [6.07, 6.45) is -3.17. The molecule has 0 spiro atoms. The van der Waals surface area contributed by atoms with Gasteiger partial charge in [0.1, 0.15) is 5.75 Å². The van der Waals surface area contributed by atoms with Crippen molar-refractivity contribution >= 4 is 27.3 Å². The number of anilines is 2. The Kier molecular flexibility index (Phi) is 11.0. The van der Waals surface area contributed by atoms with E-state index in [4.69, 9.17) is 4.74 Å². The Labute approximate surface area is 300 Å². The van der Waals surface area contributed by atoms with E-state index in [2.05, 4.69) is 31.6 Å². The van der Waals surface area contributed by atoms with Crippen LogP contribution in [0, 0.1) is 11.3 Å². The van der Waals surface area contributed by atoms with E-state index in [0.29, 0.717) is 72.8 Å². The third-order valence-corrected chi connectivity index (χ3v) is 10.6. The number of carbonyl (C=O) groups is 1. The summed E-state index contributed by atoms with van der Waals surface area (Å²) in [6.45, 7) is 7.14. The van der Waals surface area contributed by atoms with Crippen molar-refractivity contribution in [3.63, 3.8) is 0 Å². The minimum atomic E-state index is -4.58. The van der Waals surface area contributed by atoms with Gasteiger partial charge < -0.3 is 19.4 Å². The van der Waals surface area contributed by atoms with E-state index in [0.717, 1.165) is 37.3 Å². The van der Waals surface area contributed by atoms with Crippen molar-refractivity contribution in [1.29, 1.82) is 5.26 Å². The van der Waals surface area contributed by atoms with Gasteiger partial charge in [0.15, 0.2) is 5.69 Å². The van der Waals surface area contributed by atoms with Crippen LogP contribution in [0.5, 0.6) is 11.6 Å². The quantitative estimate of drug-likeness (QED) is 0.201. The van der Waals surface area contributed by atoms with Crippen molar-refractivity contribution in [3.8, 4) is 17.7 Å². The van der Waals surface area contributed by atoms with Crippen LogP contribution in [0.25, 0.3) is 0 Å². The fraction of sp³-hybridized carbons (Fsp3) is 0.351. The molecule has 2 aliphatic rings.